The fraction of sp³-hybridized carbons (Fsp3) is 0.292. The van der Waals surface area contributed by atoms with Gasteiger partial charge in [0, 0.05) is 18.6 Å². The summed E-state index contributed by atoms with van der Waals surface area (Å²) in [6, 6.07) is 16.5. The molecule has 9 nitrogen and oxygen atoms in total. The van der Waals surface area contributed by atoms with E-state index in [4.69, 9.17) is 18.7 Å². The Labute approximate surface area is 192 Å². The molecule has 3 aromatic rings. The summed E-state index contributed by atoms with van der Waals surface area (Å²) in [7, 11) is 0. The monoisotopic (exact) mass is 453 g/mol. The molecule has 174 valence electrons. The minimum absolute atomic E-state index is 0.211. The number of carboxylic acids is 1. The summed E-state index contributed by atoms with van der Waals surface area (Å²) >= 11 is 0. The third kappa shape index (κ3) is 7.16. The fourth-order valence-corrected chi connectivity index (χ4v) is 2.84. The molecule has 0 aliphatic rings. The van der Waals surface area contributed by atoms with Gasteiger partial charge in [0.05, 0.1) is 6.61 Å². The molecule has 1 aromatic heterocycles. The van der Waals surface area contributed by atoms with E-state index in [9.17, 15) is 9.90 Å². The number of carboxylic acid groups (broad SMARTS) is 1. The SMILES string of the molecule is CCCONC(=COc1ccc(CC(OCC)C(=O)O)cc1)c1nnc(-c2ccccc2)o1. The zero-order valence-electron chi connectivity index (χ0n) is 18.6. The smallest absolute Gasteiger partial charge is 0.333 e. The van der Waals surface area contributed by atoms with Gasteiger partial charge in [0.25, 0.3) is 5.89 Å². The maximum absolute atomic E-state index is 11.3. The van der Waals surface area contributed by atoms with Gasteiger partial charge in [-0.1, -0.05) is 37.3 Å². The van der Waals surface area contributed by atoms with E-state index < -0.39 is 12.1 Å². The Balaban J connectivity index is 1.71. The molecule has 0 aliphatic carbocycles. The Morgan fingerprint density at radius 1 is 1.12 bits per heavy atom. The number of carbonyl (C=O) groups is 1. The Morgan fingerprint density at radius 3 is 2.55 bits per heavy atom. The van der Waals surface area contributed by atoms with Crippen molar-refractivity contribution in [3.8, 4) is 17.2 Å². The summed E-state index contributed by atoms with van der Waals surface area (Å²) < 4.78 is 16.8. The third-order valence-electron chi connectivity index (χ3n) is 4.47. The summed E-state index contributed by atoms with van der Waals surface area (Å²) in [5.41, 5.74) is 4.78. The number of hydrogen-bond acceptors (Lipinski definition) is 8. The predicted octanol–water partition coefficient (Wildman–Crippen LogP) is 4.08. The molecule has 2 N–H and O–H groups in total. The van der Waals surface area contributed by atoms with Gasteiger partial charge in [-0.05, 0) is 43.2 Å². The van der Waals surface area contributed by atoms with E-state index in [1.165, 1.54) is 6.26 Å². The Kier molecular flexibility index (Phi) is 8.98. The van der Waals surface area contributed by atoms with Crippen LogP contribution in [0.3, 0.4) is 0 Å². The molecular formula is C24H27N3O6. The molecule has 9 heteroatoms. The second kappa shape index (κ2) is 12.4. The van der Waals surface area contributed by atoms with E-state index in [0.717, 1.165) is 17.5 Å². The summed E-state index contributed by atoms with van der Waals surface area (Å²) in [6.45, 7) is 4.57. The van der Waals surface area contributed by atoms with Crippen LogP contribution in [0.15, 0.2) is 65.3 Å². The van der Waals surface area contributed by atoms with Crippen molar-refractivity contribution in [3.05, 3.63) is 72.3 Å². The molecule has 0 aliphatic heterocycles. The lowest BCUT2D eigenvalue weighted by Gasteiger charge is -2.12. The normalized spacial score (nSPS) is 12.4. The topological polar surface area (TPSA) is 116 Å². The van der Waals surface area contributed by atoms with Crippen molar-refractivity contribution in [1.82, 2.24) is 15.7 Å². The molecular weight excluding hydrogens is 426 g/mol. The standard InChI is InChI=1S/C24H27N3O6/c1-3-14-32-27-20(23-26-25-22(33-23)18-8-6-5-7-9-18)16-31-19-12-10-17(11-13-19)15-21(24(28)29)30-4-2/h5-13,16,21,27H,3-4,14-15H2,1-2H3,(H,28,29). The van der Waals surface area contributed by atoms with Crippen molar-refractivity contribution in [2.45, 2.75) is 32.8 Å². The van der Waals surface area contributed by atoms with Gasteiger partial charge in [0.15, 0.2) is 11.8 Å². The highest BCUT2D eigenvalue weighted by atomic mass is 16.6. The van der Waals surface area contributed by atoms with E-state index in [2.05, 4.69) is 15.7 Å². The molecule has 0 bridgehead atoms. The van der Waals surface area contributed by atoms with E-state index in [1.807, 2.05) is 37.3 Å². The van der Waals surface area contributed by atoms with Crippen LogP contribution in [0.1, 0.15) is 31.7 Å². The molecule has 1 atom stereocenters. The Morgan fingerprint density at radius 2 is 1.88 bits per heavy atom. The first-order chi connectivity index (χ1) is 16.1. The van der Waals surface area contributed by atoms with Crippen LogP contribution in [0.25, 0.3) is 17.2 Å². The average molecular weight is 453 g/mol. The number of rotatable bonds is 13. The number of hydroxylamine groups is 1. The Bertz CT molecular complexity index is 1030. The maximum atomic E-state index is 11.3. The maximum Gasteiger partial charge on any atom is 0.333 e. The quantitative estimate of drug-likeness (QED) is 0.224. The van der Waals surface area contributed by atoms with Crippen molar-refractivity contribution >= 4 is 11.7 Å². The second-order valence-electron chi connectivity index (χ2n) is 7.01. The van der Waals surface area contributed by atoms with E-state index in [1.54, 1.807) is 31.2 Å². The van der Waals surface area contributed by atoms with Gasteiger partial charge in [-0.2, -0.15) is 0 Å². The molecule has 0 spiro atoms. The number of nitrogens with one attached hydrogen (secondary N) is 1. The van der Waals surface area contributed by atoms with Gasteiger partial charge in [0.2, 0.25) is 5.89 Å². The first kappa shape index (κ1) is 24.0. The number of benzene rings is 2. The third-order valence-corrected chi connectivity index (χ3v) is 4.47. The van der Waals surface area contributed by atoms with Crippen molar-refractivity contribution in [1.29, 1.82) is 0 Å². The van der Waals surface area contributed by atoms with E-state index in [-0.39, 0.29) is 12.3 Å². The summed E-state index contributed by atoms with van der Waals surface area (Å²) in [5, 5.41) is 17.4. The zero-order valence-corrected chi connectivity index (χ0v) is 18.6. The number of ether oxygens (including phenoxy) is 2. The van der Waals surface area contributed by atoms with Crippen LogP contribution in [-0.2, 0) is 20.8 Å². The first-order valence-electron chi connectivity index (χ1n) is 10.7. The van der Waals surface area contributed by atoms with Gasteiger partial charge in [-0.25, -0.2) is 4.79 Å². The highest BCUT2D eigenvalue weighted by molar-refractivity contribution is 5.72. The number of hydrogen-bond donors (Lipinski definition) is 2. The highest BCUT2D eigenvalue weighted by Gasteiger charge is 2.18. The fourth-order valence-electron chi connectivity index (χ4n) is 2.84. The first-order valence-corrected chi connectivity index (χ1v) is 10.7. The second-order valence-corrected chi connectivity index (χ2v) is 7.01. The molecule has 0 fully saturated rings. The number of aliphatic carboxylic acids is 1. The predicted molar refractivity (Wildman–Crippen MR) is 121 cm³/mol. The van der Waals surface area contributed by atoms with Crippen molar-refractivity contribution < 1.29 is 28.6 Å². The molecule has 3 rings (SSSR count). The molecule has 2 aromatic carbocycles. The van der Waals surface area contributed by atoms with Crippen LogP contribution in [0.5, 0.6) is 5.75 Å². The number of aromatic nitrogens is 2. The van der Waals surface area contributed by atoms with E-state index in [0.29, 0.717) is 30.6 Å². The van der Waals surface area contributed by atoms with Gasteiger partial charge in [-0.15, -0.1) is 10.2 Å². The van der Waals surface area contributed by atoms with Crippen LogP contribution < -0.4 is 10.2 Å². The minimum atomic E-state index is -0.989. The van der Waals surface area contributed by atoms with Crippen LogP contribution in [0.4, 0.5) is 0 Å². The summed E-state index contributed by atoms with van der Waals surface area (Å²) in [5.74, 6) is 0.139. The Hall–Kier alpha value is -3.69. The largest absolute Gasteiger partial charge is 0.479 e. The van der Waals surface area contributed by atoms with Crippen LogP contribution >= 0.6 is 0 Å². The van der Waals surface area contributed by atoms with Crippen LogP contribution in [0, 0.1) is 0 Å². The summed E-state index contributed by atoms with van der Waals surface area (Å²) in [4.78, 5) is 16.7. The molecule has 1 heterocycles. The van der Waals surface area contributed by atoms with Gasteiger partial charge < -0.3 is 19.0 Å². The van der Waals surface area contributed by atoms with Crippen LogP contribution in [-0.4, -0.2) is 40.6 Å². The lowest BCUT2D eigenvalue weighted by molar-refractivity contribution is -0.149. The molecule has 0 amide bonds. The van der Waals surface area contributed by atoms with Crippen molar-refractivity contribution in [3.63, 3.8) is 0 Å². The highest BCUT2D eigenvalue weighted by Crippen LogP contribution is 2.21. The summed E-state index contributed by atoms with van der Waals surface area (Å²) in [6.07, 6.45) is 1.62. The molecule has 33 heavy (non-hydrogen) atoms. The zero-order chi connectivity index (χ0) is 23.5. The van der Waals surface area contributed by atoms with E-state index >= 15 is 0 Å². The van der Waals surface area contributed by atoms with Crippen molar-refractivity contribution in [2.24, 2.45) is 0 Å². The van der Waals surface area contributed by atoms with Gasteiger partial charge >= 0.3 is 5.97 Å². The minimum Gasteiger partial charge on any atom is -0.479 e. The lowest BCUT2D eigenvalue weighted by Crippen LogP contribution is -2.26. The van der Waals surface area contributed by atoms with Crippen molar-refractivity contribution in [2.75, 3.05) is 13.2 Å². The molecule has 0 saturated carbocycles. The molecule has 0 saturated heterocycles. The molecule has 1 unspecified atom stereocenters. The van der Waals surface area contributed by atoms with Crippen LogP contribution in [0.2, 0.25) is 0 Å². The lowest BCUT2D eigenvalue weighted by atomic mass is 10.1. The average Bonchev–Trinajstić information content (AvgIpc) is 3.32. The number of nitrogens with zero attached hydrogens (tertiary/aromatic N) is 2. The van der Waals surface area contributed by atoms with Gasteiger partial charge in [-0.3, -0.25) is 10.3 Å². The molecule has 0 radical (unpaired) electrons. The van der Waals surface area contributed by atoms with Gasteiger partial charge in [0.1, 0.15) is 12.0 Å².